The predicted octanol–water partition coefficient (Wildman–Crippen LogP) is 3.22. The number of nitro groups is 1. The summed E-state index contributed by atoms with van der Waals surface area (Å²) in [6.45, 7) is 2.42. The maximum atomic E-state index is 12.7. The van der Waals surface area contributed by atoms with Gasteiger partial charge in [0.25, 0.3) is 11.6 Å². The molecule has 0 unspecified atom stereocenters. The molecule has 1 saturated heterocycles. The van der Waals surface area contributed by atoms with Gasteiger partial charge in [0.1, 0.15) is 10.8 Å². The van der Waals surface area contributed by atoms with E-state index in [1.165, 1.54) is 18.2 Å². The van der Waals surface area contributed by atoms with E-state index in [0.717, 1.165) is 11.4 Å². The van der Waals surface area contributed by atoms with E-state index in [4.69, 9.17) is 16.3 Å². The van der Waals surface area contributed by atoms with Crippen molar-refractivity contribution in [2.24, 2.45) is 0 Å². The van der Waals surface area contributed by atoms with Crippen LogP contribution < -0.4 is 9.64 Å². The molecule has 1 aliphatic rings. The normalized spacial score (nSPS) is 14.2. The number of piperazine rings is 1. The number of hydrogen-bond donors (Lipinski definition) is 0. The smallest absolute Gasteiger partial charge is 0.288 e. The zero-order valence-electron chi connectivity index (χ0n) is 14.2. The number of methoxy groups -OCH3 is 1. The summed E-state index contributed by atoms with van der Waals surface area (Å²) in [5.74, 6) is 0.560. The van der Waals surface area contributed by atoms with Crippen LogP contribution >= 0.6 is 11.6 Å². The van der Waals surface area contributed by atoms with E-state index < -0.39 is 4.92 Å². The molecule has 0 aliphatic carbocycles. The minimum Gasteiger partial charge on any atom is -0.497 e. The van der Waals surface area contributed by atoms with Crippen molar-refractivity contribution in [1.82, 2.24) is 4.90 Å². The van der Waals surface area contributed by atoms with Crippen molar-refractivity contribution < 1.29 is 14.5 Å². The minimum absolute atomic E-state index is 0.0226. The van der Waals surface area contributed by atoms with E-state index in [2.05, 4.69) is 4.90 Å². The van der Waals surface area contributed by atoms with Crippen molar-refractivity contribution >= 4 is 28.9 Å². The van der Waals surface area contributed by atoms with Crippen LogP contribution in [0.25, 0.3) is 0 Å². The van der Waals surface area contributed by atoms with E-state index in [1.54, 1.807) is 12.0 Å². The standard InChI is InChI=1S/C18H18ClN3O4/c1-26-15-4-2-3-14(12-15)20-7-9-21(10-8-20)18(23)13-5-6-16(19)17(11-13)22(24)25/h2-6,11-12H,7-10H2,1H3. The fourth-order valence-electron chi connectivity index (χ4n) is 2.94. The first-order valence-electron chi connectivity index (χ1n) is 8.12. The monoisotopic (exact) mass is 375 g/mol. The predicted molar refractivity (Wildman–Crippen MR) is 99.2 cm³/mol. The van der Waals surface area contributed by atoms with Gasteiger partial charge in [-0.15, -0.1) is 0 Å². The summed E-state index contributed by atoms with van der Waals surface area (Å²) in [6.07, 6.45) is 0. The van der Waals surface area contributed by atoms with Crippen molar-refractivity contribution in [3.8, 4) is 5.75 Å². The number of ether oxygens (including phenoxy) is 1. The summed E-state index contributed by atoms with van der Waals surface area (Å²) in [5, 5.41) is 11.0. The Morgan fingerprint density at radius 1 is 1.15 bits per heavy atom. The number of carbonyl (C=O) groups is 1. The number of benzene rings is 2. The second-order valence-electron chi connectivity index (χ2n) is 5.90. The van der Waals surface area contributed by atoms with E-state index in [1.807, 2.05) is 24.3 Å². The second-order valence-corrected chi connectivity index (χ2v) is 6.31. The Labute approximate surface area is 155 Å². The van der Waals surface area contributed by atoms with Crippen LogP contribution in [0.15, 0.2) is 42.5 Å². The highest BCUT2D eigenvalue weighted by atomic mass is 35.5. The Morgan fingerprint density at radius 2 is 1.88 bits per heavy atom. The molecule has 0 atom stereocenters. The highest BCUT2D eigenvalue weighted by Crippen LogP contribution is 2.26. The van der Waals surface area contributed by atoms with Crippen LogP contribution in [0.3, 0.4) is 0 Å². The van der Waals surface area contributed by atoms with Crippen LogP contribution in [0.4, 0.5) is 11.4 Å². The number of nitrogens with zero attached hydrogens (tertiary/aromatic N) is 3. The van der Waals surface area contributed by atoms with Gasteiger partial charge in [-0.3, -0.25) is 14.9 Å². The van der Waals surface area contributed by atoms with E-state index >= 15 is 0 Å². The maximum Gasteiger partial charge on any atom is 0.288 e. The van der Waals surface area contributed by atoms with E-state index in [-0.39, 0.29) is 22.2 Å². The van der Waals surface area contributed by atoms with Gasteiger partial charge in [-0.2, -0.15) is 0 Å². The molecule has 0 spiro atoms. The molecule has 1 fully saturated rings. The molecule has 7 nitrogen and oxygen atoms in total. The number of carbonyl (C=O) groups excluding carboxylic acids is 1. The molecular formula is C18H18ClN3O4. The summed E-state index contributed by atoms with van der Waals surface area (Å²) in [4.78, 5) is 26.9. The zero-order valence-corrected chi connectivity index (χ0v) is 15.0. The molecule has 0 N–H and O–H groups in total. The Balaban J connectivity index is 1.69. The van der Waals surface area contributed by atoms with Crippen molar-refractivity contribution in [3.63, 3.8) is 0 Å². The summed E-state index contributed by atoms with van der Waals surface area (Å²) in [7, 11) is 1.63. The molecule has 1 heterocycles. The Bertz CT molecular complexity index is 835. The first-order chi connectivity index (χ1) is 12.5. The van der Waals surface area contributed by atoms with Crippen molar-refractivity contribution in [2.45, 2.75) is 0 Å². The Kier molecular flexibility index (Phi) is 5.27. The second kappa shape index (κ2) is 7.61. The number of anilines is 1. The molecule has 0 bridgehead atoms. The van der Waals surface area contributed by atoms with Crippen molar-refractivity contribution in [1.29, 1.82) is 0 Å². The van der Waals surface area contributed by atoms with Gasteiger partial charge in [0.2, 0.25) is 0 Å². The molecule has 3 rings (SSSR count). The molecule has 0 radical (unpaired) electrons. The lowest BCUT2D eigenvalue weighted by atomic mass is 10.1. The molecular weight excluding hydrogens is 358 g/mol. The number of nitro benzene ring substituents is 1. The summed E-state index contributed by atoms with van der Waals surface area (Å²) in [5.41, 5.74) is 1.06. The lowest BCUT2D eigenvalue weighted by molar-refractivity contribution is -0.384. The minimum atomic E-state index is -0.583. The third-order valence-electron chi connectivity index (χ3n) is 4.38. The van der Waals surface area contributed by atoms with Crippen LogP contribution in [-0.4, -0.2) is 49.0 Å². The van der Waals surface area contributed by atoms with Gasteiger partial charge in [0, 0.05) is 49.6 Å². The number of hydrogen-bond acceptors (Lipinski definition) is 5. The van der Waals surface area contributed by atoms with Gasteiger partial charge in [0.15, 0.2) is 0 Å². The first kappa shape index (κ1) is 18.0. The third-order valence-corrected chi connectivity index (χ3v) is 4.69. The van der Waals surface area contributed by atoms with Crippen LogP contribution in [-0.2, 0) is 0 Å². The molecule has 1 amide bonds. The quantitative estimate of drug-likeness (QED) is 0.605. The van der Waals surface area contributed by atoms with Gasteiger partial charge in [-0.25, -0.2) is 0 Å². The number of amides is 1. The van der Waals surface area contributed by atoms with Crippen LogP contribution in [0.5, 0.6) is 5.75 Å². The van der Waals surface area contributed by atoms with Gasteiger partial charge >= 0.3 is 0 Å². The third kappa shape index (κ3) is 3.72. The number of halogens is 1. The summed E-state index contributed by atoms with van der Waals surface area (Å²) in [6, 6.07) is 11.9. The van der Waals surface area contributed by atoms with E-state index in [0.29, 0.717) is 26.2 Å². The van der Waals surface area contributed by atoms with Crippen molar-refractivity contribution in [2.75, 3.05) is 38.2 Å². The average molecular weight is 376 g/mol. The molecule has 8 heteroatoms. The van der Waals surface area contributed by atoms with Crippen LogP contribution in [0.1, 0.15) is 10.4 Å². The van der Waals surface area contributed by atoms with Crippen LogP contribution in [0, 0.1) is 10.1 Å². The van der Waals surface area contributed by atoms with E-state index in [9.17, 15) is 14.9 Å². The first-order valence-corrected chi connectivity index (χ1v) is 8.49. The molecule has 136 valence electrons. The van der Waals surface area contributed by atoms with Gasteiger partial charge in [-0.05, 0) is 24.3 Å². The molecule has 1 aliphatic heterocycles. The molecule has 26 heavy (non-hydrogen) atoms. The lowest BCUT2D eigenvalue weighted by Crippen LogP contribution is -2.48. The van der Waals surface area contributed by atoms with Crippen LogP contribution in [0.2, 0.25) is 5.02 Å². The molecule has 2 aromatic carbocycles. The summed E-state index contributed by atoms with van der Waals surface area (Å²) < 4.78 is 5.25. The Hall–Kier alpha value is -2.80. The molecule has 0 aromatic heterocycles. The van der Waals surface area contributed by atoms with Gasteiger partial charge in [-0.1, -0.05) is 17.7 Å². The SMILES string of the molecule is COc1cccc(N2CCN(C(=O)c3ccc(Cl)c([N+](=O)[O-])c3)CC2)c1. The topological polar surface area (TPSA) is 75.9 Å². The van der Waals surface area contributed by atoms with Gasteiger partial charge < -0.3 is 14.5 Å². The maximum absolute atomic E-state index is 12.7. The number of rotatable bonds is 4. The highest BCUT2D eigenvalue weighted by molar-refractivity contribution is 6.32. The largest absolute Gasteiger partial charge is 0.497 e. The fraction of sp³-hybridized carbons (Fsp3) is 0.278. The fourth-order valence-corrected chi connectivity index (χ4v) is 3.13. The lowest BCUT2D eigenvalue weighted by Gasteiger charge is -2.36. The average Bonchev–Trinajstić information content (AvgIpc) is 2.67. The van der Waals surface area contributed by atoms with Gasteiger partial charge in [0.05, 0.1) is 12.0 Å². The van der Waals surface area contributed by atoms with Crippen molar-refractivity contribution in [3.05, 3.63) is 63.2 Å². The highest BCUT2D eigenvalue weighted by Gasteiger charge is 2.24. The Morgan fingerprint density at radius 3 is 2.54 bits per heavy atom. The molecule has 2 aromatic rings. The summed E-state index contributed by atoms with van der Waals surface area (Å²) >= 11 is 5.81. The molecule has 0 saturated carbocycles. The zero-order chi connectivity index (χ0) is 18.7.